The lowest BCUT2D eigenvalue weighted by atomic mass is 10.2. The fourth-order valence-electron chi connectivity index (χ4n) is 1.78. The second-order valence-corrected chi connectivity index (χ2v) is 6.39. The Morgan fingerprint density at radius 3 is 2.84 bits per heavy atom. The van der Waals surface area contributed by atoms with Crippen molar-refractivity contribution < 1.29 is 5.11 Å². The lowest BCUT2D eigenvalue weighted by Gasteiger charge is -2.08. The monoisotopic (exact) mass is 288 g/mol. The zero-order valence-electron chi connectivity index (χ0n) is 10.3. The Morgan fingerprint density at radius 2 is 2.05 bits per heavy atom. The molecule has 1 unspecified atom stereocenters. The Kier molecular flexibility index (Phi) is 3.50. The lowest BCUT2D eigenvalue weighted by molar-refractivity contribution is 0.195. The first-order valence-electron chi connectivity index (χ1n) is 5.90. The summed E-state index contributed by atoms with van der Waals surface area (Å²) in [5.41, 5.74) is 1.84. The second kappa shape index (κ2) is 5.28. The highest BCUT2D eigenvalue weighted by Crippen LogP contribution is 2.36. The van der Waals surface area contributed by atoms with E-state index in [1.807, 2.05) is 30.3 Å². The van der Waals surface area contributed by atoms with Crippen molar-refractivity contribution in [3.8, 4) is 0 Å². The third-order valence-corrected chi connectivity index (χ3v) is 4.84. The van der Waals surface area contributed by atoms with Crippen molar-refractivity contribution in [2.75, 3.05) is 0 Å². The van der Waals surface area contributed by atoms with Gasteiger partial charge in [0.15, 0.2) is 4.34 Å². The van der Waals surface area contributed by atoms with Crippen LogP contribution in [0.5, 0.6) is 0 Å². The molecule has 1 atom stereocenters. The van der Waals surface area contributed by atoms with Gasteiger partial charge in [0.2, 0.25) is 0 Å². The summed E-state index contributed by atoms with van der Waals surface area (Å²) in [6.45, 7) is 1.75. The highest BCUT2D eigenvalue weighted by Gasteiger charge is 2.12. The van der Waals surface area contributed by atoms with E-state index in [0.717, 1.165) is 20.4 Å². The van der Waals surface area contributed by atoms with E-state index in [-0.39, 0.29) is 0 Å². The smallest absolute Gasteiger partial charge is 0.157 e. The van der Waals surface area contributed by atoms with Gasteiger partial charge in [0.1, 0.15) is 5.03 Å². The van der Waals surface area contributed by atoms with E-state index in [1.165, 1.54) is 16.5 Å². The van der Waals surface area contributed by atoms with Crippen LogP contribution in [-0.4, -0.2) is 15.1 Å². The van der Waals surface area contributed by atoms with Crippen molar-refractivity contribution in [1.82, 2.24) is 9.97 Å². The Bertz CT molecular complexity index is 676. The first-order valence-corrected chi connectivity index (χ1v) is 7.54. The van der Waals surface area contributed by atoms with Crippen molar-refractivity contribution in [3.63, 3.8) is 0 Å². The molecule has 3 nitrogen and oxygen atoms in total. The fraction of sp³-hybridized carbons (Fsp3) is 0.143. The van der Waals surface area contributed by atoms with Gasteiger partial charge in [0, 0.05) is 11.8 Å². The number of hydrogen-bond acceptors (Lipinski definition) is 5. The molecule has 0 aliphatic rings. The van der Waals surface area contributed by atoms with E-state index in [0.29, 0.717) is 0 Å². The van der Waals surface area contributed by atoms with Gasteiger partial charge in [-0.1, -0.05) is 18.2 Å². The number of rotatable bonds is 3. The summed E-state index contributed by atoms with van der Waals surface area (Å²) in [4.78, 5) is 8.90. The minimum atomic E-state index is -0.523. The number of nitrogens with zero attached hydrogens (tertiary/aromatic N) is 2. The minimum absolute atomic E-state index is 0.523. The summed E-state index contributed by atoms with van der Waals surface area (Å²) in [7, 11) is 0. The molecule has 0 fully saturated rings. The molecular formula is C14H12N2OS2. The number of aromatic nitrogens is 2. The fourth-order valence-corrected chi connectivity index (χ4v) is 3.93. The van der Waals surface area contributed by atoms with Gasteiger partial charge in [-0.25, -0.2) is 9.97 Å². The molecule has 5 heteroatoms. The molecule has 96 valence electrons. The van der Waals surface area contributed by atoms with Crippen molar-refractivity contribution in [1.29, 1.82) is 0 Å². The van der Waals surface area contributed by atoms with Crippen LogP contribution in [0.3, 0.4) is 0 Å². The van der Waals surface area contributed by atoms with Crippen LogP contribution in [0, 0.1) is 0 Å². The molecule has 0 amide bonds. The zero-order valence-corrected chi connectivity index (χ0v) is 11.9. The molecule has 0 aliphatic heterocycles. The maximum absolute atomic E-state index is 9.75. The predicted octanol–water partition coefficient (Wildman–Crippen LogP) is 3.90. The van der Waals surface area contributed by atoms with Gasteiger partial charge in [-0.15, -0.1) is 11.3 Å². The number of para-hydroxylation sites is 1. The highest BCUT2D eigenvalue weighted by atomic mass is 32.2. The van der Waals surface area contributed by atoms with E-state index in [9.17, 15) is 5.11 Å². The second-order valence-electron chi connectivity index (χ2n) is 4.12. The number of aliphatic hydroxyl groups is 1. The first-order chi connectivity index (χ1) is 9.24. The summed E-state index contributed by atoms with van der Waals surface area (Å²) in [5.74, 6) is 0. The third-order valence-electron chi connectivity index (χ3n) is 2.71. The molecule has 1 aromatic carbocycles. The first kappa shape index (κ1) is 12.6. The number of thiazole rings is 1. The topological polar surface area (TPSA) is 46.0 Å². The van der Waals surface area contributed by atoms with Gasteiger partial charge < -0.3 is 5.11 Å². The summed E-state index contributed by atoms with van der Waals surface area (Å²) in [5, 5.41) is 10.6. The number of aliphatic hydroxyl groups excluding tert-OH is 1. The standard InChI is InChI=1S/C14H12N2OS2/c1-9(17)10-5-4-8-15-13(10)19-14-16-11-6-2-3-7-12(11)18-14/h2-9,17H,1H3. The molecule has 2 heterocycles. The Morgan fingerprint density at radius 1 is 1.21 bits per heavy atom. The summed E-state index contributed by atoms with van der Waals surface area (Å²) in [6.07, 6.45) is 1.22. The maximum atomic E-state index is 9.75. The van der Waals surface area contributed by atoms with E-state index in [4.69, 9.17) is 0 Å². The molecule has 1 N–H and O–H groups in total. The molecule has 0 saturated carbocycles. The summed E-state index contributed by atoms with van der Waals surface area (Å²) in [6, 6.07) is 11.8. The molecule has 3 aromatic rings. The number of fused-ring (bicyclic) bond motifs is 1. The van der Waals surface area contributed by atoms with E-state index in [2.05, 4.69) is 16.0 Å². The van der Waals surface area contributed by atoms with Crippen LogP contribution in [-0.2, 0) is 0 Å². The van der Waals surface area contributed by atoms with Crippen LogP contribution in [0.25, 0.3) is 10.2 Å². The van der Waals surface area contributed by atoms with Crippen molar-refractivity contribution in [2.24, 2.45) is 0 Å². The van der Waals surface area contributed by atoms with Crippen molar-refractivity contribution >= 4 is 33.3 Å². The largest absolute Gasteiger partial charge is 0.389 e. The number of pyridine rings is 1. The summed E-state index contributed by atoms with van der Waals surface area (Å²) >= 11 is 3.15. The van der Waals surface area contributed by atoms with Crippen molar-refractivity contribution in [3.05, 3.63) is 48.2 Å². The van der Waals surface area contributed by atoms with Crippen LogP contribution in [0.4, 0.5) is 0 Å². The molecule has 0 saturated heterocycles. The maximum Gasteiger partial charge on any atom is 0.157 e. The van der Waals surface area contributed by atoms with Crippen LogP contribution >= 0.6 is 23.1 Å². The zero-order chi connectivity index (χ0) is 13.2. The van der Waals surface area contributed by atoms with Gasteiger partial charge in [0.25, 0.3) is 0 Å². The van der Waals surface area contributed by atoms with Crippen LogP contribution in [0.1, 0.15) is 18.6 Å². The Hall–Kier alpha value is -1.43. The van der Waals surface area contributed by atoms with Gasteiger partial charge in [-0.05, 0) is 36.9 Å². The predicted molar refractivity (Wildman–Crippen MR) is 78.6 cm³/mol. The molecule has 0 radical (unpaired) electrons. The third kappa shape index (κ3) is 2.63. The minimum Gasteiger partial charge on any atom is -0.389 e. The average molecular weight is 288 g/mol. The van der Waals surface area contributed by atoms with Gasteiger partial charge >= 0.3 is 0 Å². The van der Waals surface area contributed by atoms with Gasteiger partial charge in [0.05, 0.1) is 16.3 Å². The lowest BCUT2D eigenvalue weighted by Crippen LogP contribution is -1.95. The van der Waals surface area contributed by atoms with Crippen molar-refractivity contribution in [2.45, 2.75) is 22.4 Å². The number of benzene rings is 1. The SMILES string of the molecule is CC(O)c1cccnc1Sc1nc2ccccc2s1. The molecular weight excluding hydrogens is 276 g/mol. The average Bonchev–Trinajstić information content (AvgIpc) is 2.81. The quantitative estimate of drug-likeness (QED) is 0.794. The van der Waals surface area contributed by atoms with E-state index < -0.39 is 6.10 Å². The Labute approximate surface area is 119 Å². The summed E-state index contributed by atoms with van der Waals surface area (Å²) < 4.78 is 2.11. The number of hydrogen-bond donors (Lipinski definition) is 1. The van der Waals surface area contributed by atoms with Gasteiger partial charge in [-0.3, -0.25) is 0 Å². The Balaban J connectivity index is 1.97. The molecule has 19 heavy (non-hydrogen) atoms. The highest BCUT2D eigenvalue weighted by molar-refractivity contribution is 8.01. The van der Waals surface area contributed by atoms with E-state index in [1.54, 1.807) is 24.5 Å². The molecule has 2 aromatic heterocycles. The van der Waals surface area contributed by atoms with E-state index >= 15 is 0 Å². The molecule has 0 spiro atoms. The normalized spacial score (nSPS) is 12.7. The molecule has 0 aliphatic carbocycles. The molecule has 0 bridgehead atoms. The van der Waals surface area contributed by atoms with Gasteiger partial charge in [-0.2, -0.15) is 0 Å². The van der Waals surface area contributed by atoms with Crippen LogP contribution < -0.4 is 0 Å². The van der Waals surface area contributed by atoms with Crippen LogP contribution in [0.2, 0.25) is 0 Å². The molecule has 3 rings (SSSR count). The van der Waals surface area contributed by atoms with Crippen LogP contribution in [0.15, 0.2) is 52.0 Å².